The molecule has 138 valence electrons. The molecule has 5 nitrogen and oxygen atoms in total. The Morgan fingerprint density at radius 2 is 1.73 bits per heavy atom. The summed E-state index contributed by atoms with van der Waals surface area (Å²) in [6, 6.07) is 14.1. The summed E-state index contributed by atoms with van der Waals surface area (Å²) in [4.78, 5) is 24.5. The van der Waals surface area contributed by atoms with Gasteiger partial charge < -0.3 is 15.4 Å². The van der Waals surface area contributed by atoms with Crippen LogP contribution < -0.4 is 15.4 Å². The molecule has 1 atom stereocenters. The van der Waals surface area contributed by atoms with Crippen molar-refractivity contribution in [2.75, 3.05) is 11.9 Å². The summed E-state index contributed by atoms with van der Waals surface area (Å²) in [5.41, 5.74) is 1.73. The lowest BCUT2D eigenvalue weighted by molar-refractivity contribution is 0.0938. The molecule has 5 heteroatoms. The van der Waals surface area contributed by atoms with Crippen LogP contribution in [0.5, 0.6) is 5.75 Å². The number of amides is 2. The van der Waals surface area contributed by atoms with E-state index in [1.807, 2.05) is 26.8 Å². The van der Waals surface area contributed by atoms with Gasteiger partial charge in [0.25, 0.3) is 11.8 Å². The molecule has 2 N–H and O–H groups in total. The highest BCUT2D eigenvalue weighted by molar-refractivity contribution is 6.04. The first kappa shape index (κ1) is 19.5. The van der Waals surface area contributed by atoms with Crippen LogP contribution in [0, 0.1) is 0 Å². The molecule has 0 saturated heterocycles. The number of hydrogen-bond acceptors (Lipinski definition) is 3. The lowest BCUT2D eigenvalue weighted by Crippen LogP contribution is -2.31. The van der Waals surface area contributed by atoms with Gasteiger partial charge in [0.05, 0.1) is 6.61 Å². The molecule has 0 aliphatic rings. The van der Waals surface area contributed by atoms with Crippen molar-refractivity contribution in [3.8, 4) is 5.75 Å². The Labute approximate surface area is 154 Å². The molecule has 0 radical (unpaired) electrons. The smallest absolute Gasteiger partial charge is 0.255 e. The third-order valence-corrected chi connectivity index (χ3v) is 3.96. The number of anilines is 1. The summed E-state index contributed by atoms with van der Waals surface area (Å²) >= 11 is 0. The largest absolute Gasteiger partial charge is 0.494 e. The monoisotopic (exact) mass is 354 g/mol. The Morgan fingerprint density at radius 1 is 1.00 bits per heavy atom. The molecule has 26 heavy (non-hydrogen) atoms. The predicted molar refractivity (Wildman–Crippen MR) is 104 cm³/mol. The van der Waals surface area contributed by atoms with E-state index in [9.17, 15) is 9.59 Å². The summed E-state index contributed by atoms with van der Waals surface area (Å²) in [5.74, 6) is 0.346. The molecule has 1 unspecified atom stereocenters. The van der Waals surface area contributed by atoms with Gasteiger partial charge >= 0.3 is 0 Å². The minimum Gasteiger partial charge on any atom is -0.494 e. The van der Waals surface area contributed by atoms with Crippen LogP contribution in [0.25, 0.3) is 0 Å². The maximum absolute atomic E-state index is 12.4. The quantitative estimate of drug-likeness (QED) is 0.744. The molecule has 0 heterocycles. The maximum Gasteiger partial charge on any atom is 0.255 e. The second-order valence-corrected chi connectivity index (χ2v) is 6.19. The van der Waals surface area contributed by atoms with Gasteiger partial charge in [0.2, 0.25) is 0 Å². The van der Waals surface area contributed by atoms with Gasteiger partial charge in [-0.2, -0.15) is 0 Å². The molecule has 0 aliphatic heterocycles. The minimum atomic E-state index is -0.219. The van der Waals surface area contributed by atoms with E-state index in [0.29, 0.717) is 29.2 Å². The van der Waals surface area contributed by atoms with E-state index >= 15 is 0 Å². The van der Waals surface area contributed by atoms with Crippen LogP contribution in [0.2, 0.25) is 0 Å². The fourth-order valence-electron chi connectivity index (χ4n) is 2.26. The van der Waals surface area contributed by atoms with Crippen LogP contribution in [-0.2, 0) is 0 Å². The van der Waals surface area contributed by atoms with Gasteiger partial charge in [0.1, 0.15) is 5.75 Å². The average Bonchev–Trinajstić information content (AvgIpc) is 2.66. The van der Waals surface area contributed by atoms with Crippen LogP contribution in [-0.4, -0.2) is 24.5 Å². The van der Waals surface area contributed by atoms with Crippen LogP contribution in [0.3, 0.4) is 0 Å². The van der Waals surface area contributed by atoms with E-state index in [-0.39, 0.29) is 17.9 Å². The van der Waals surface area contributed by atoms with Gasteiger partial charge in [-0.1, -0.05) is 19.9 Å². The Bertz CT molecular complexity index is 741. The second kappa shape index (κ2) is 9.61. The molecular formula is C21H26N2O3. The zero-order valence-electron chi connectivity index (χ0n) is 15.5. The molecule has 0 bridgehead atoms. The molecule has 2 aromatic rings. The van der Waals surface area contributed by atoms with Crippen molar-refractivity contribution in [3.05, 3.63) is 59.7 Å². The van der Waals surface area contributed by atoms with Gasteiger partial charge in [-0.3, -0.25) is 9.59 Å². The van der Waals surface area contributed by atoms with Crippen LogP contribution >= 0.6 is 0 Å². The van der Waals surface area contributed by atoms with E-state index in [1.165, 1.54) is 0 Å². The Kier molecular flexibility index (Phi) is 7.21. The highest BCUT2D eigenvalue weighted by Crippen LogP contribution is 2.16. The fraction of sp³-hybridized carbons (Fsp3) is 0.333. The second-order valence-electron chi connectivity index (χ2n) is 6.19. The third kappa shape index (κ3) is 5.62. The Morgan fingerprint density at radius 3 is 2.38 bits per heavy atom. The average molecular weight is 354 g/mol. The van der Waals surface area contributed by atoms with E-state index in [1.54, 1.807) is 42.5 Å². The number of rotatable bonds is 8. The molecule has 2 aromatic carbocycles. The SMILES string of the molecule is CCCOc1cccc(C(=O)Nc2ccc(C(=O)NC(C)CC)cc2)c1. The maximum atomic E-state index is 12.4. The molecule has 0 saturated carbocycles. The molecule has 0 fully saturated rings. The van der Waals surface area contributed by atoms with Gasteiger partial charge in [0.15, 0.2) is 0 Å². The number of benzene rings is 2. The Balaban J connectivity index is 2.00. The summed E-state index contributed by atoms with van der Waals surface area (Å²) in [6.07, 6.45) is 1.79. The number of carbonyl (C=O) groups is 2. The first-order chi connectivity index (χ1) is 12.5. The lowest BCUT2D eigenvalue weighted by Gasteiger charge is -2.12. The van der Waals surface area contributed by atoms with Gasteiger partial charge in [-0.25, -0.2) is 0 Å². The third-order valence-electron chi connectivity index (χ3n) is 3.96. The number of ether oxygens (including phenoxy) is 1. The summed E-state index contributed by atoms with van der Waals surface area (Å²) < 4.78 is 5.55. The number of carbonyl (C=O) groups excluding carboxylic acids is 2. The molecule has 2 rings (SSSR count). The van der Waals surface area contributed by atoms with E-state index in [2.05, 4.69) is 10.6 Å². The van der Waals surface area contributed by atoms with E-state index < -0.39 is 0 Å². The van der Waals surface area contributed by atoms with Crippen molar-refractivity contribution in [2.45, 2.75) is 39.7 Å². The van der Waals surface area contributed by atoms with Crippen LogP contribution in [0.4, 0.5) is 5.69 Å². The molecule has 0 spiro atoms. The fourth-order valence-corrected chi connectivity index (χ4v) is 2.26. The van der Waals surface area contributed by atoms with Crippen molar-refractivity contribution >= 4 is 17.5 Å². The van der Waals surface area contributed by atoms with Crippen molar-refractivity contribution in [1.29, 1.82) is 0 Å². The predicted octanol–water partition coefficient (Wildman–Crippen LogP) is 4.26. The molecule has 0 aliphatic carbocycles. The van der Waals surface area contributed by atoms with Crippen molar-refractivity contribution in [2.24, 2.45) is 0 Å². The summed E-state index contributed by atoms with van der Waals surface area (Å²) in [7, 11) is 0. The van der Waals surface area contributed by atoms with Crippen LogP contribution in [0.15, 0.2) is 48.5 Å². The number of nitrogens with one attached hydrogen (secondary N) is 2. The zero-order chi connectivity index (χ0) is 18.9. The minimum absolute atomic E-state index is 0.113. The molecule has 0 aromatic heterocycles. The number of hydrogen-bond donors (Lipinski definition) is 2. The van der Waals surface area contributed by atoms with Crippen molar-refractivity contribution in [3.63, 3.8) is 0 Å². The zero-order valence-corrected chi connectivity index (χ0v) is 15.5. The summed E-state index contributed by atoms with van der Waals surface area (Å²) in [6.45, 7) is 6.63. The lowest BCUT2D eigenvalue weighted by atomic mass is 10.1. The first-order valence-electron chi connectivity index (χ1n) is 8.98. The topological polar surface area (TPSA) is 67.4 Å². The first-order valence-corrected chi connectivity index (χ1v) is 8.98. The molecule has 2 amide bonds. The summed E-state index contributed by atoms with van der Waals surface area (Å²) in [5, 5.41) is 5.75. The van der Waals surface area contributed by atoms with E-state index in [4.69, 9.17) is 4.74 Å². The van der Waals surface area contributed by atoms with Gasteiger partial charge in [-0.05, 0) is 62.2 Å². The standard InChI is InChI=1S/C21H26N2O3/c1-4-13-26-19-8-6-7-17(14-19)21(25)23-18-11-9-16(10-12-18)20(24)22-15(3)5-2/h6-12,14-15H,4-5,13H2,1-3H3,(H,22,24)(H,23,25). The van der Waals surface area contributed by atoms with Gasteiger partial charge in [-0.15, -0.1) is 0 Å². The highest BCUT2D eigenvalue weighted by Gasteiger charge is 2.10. The van der Waals surface area contributed by atoms with E-state index in [0.717, 1.165) is 12.8 Å². The highest BCUT2D eigenvalue weighted by atomic mass is 16.5. The van der Waals surface area contributed by atoms with Crippen molar-refractivity contribution in [1.82, 2.24) is 5.32 Å². The van der Waals surface area contributed by atoms with Gasteiger partial charge in [0, 0.05) is 22.9 Å². The molecular weight excluding hydrogens is 328 g/mol. The van der Waals surface area contributed by atoms with Crippen LogP contribution in [0.1, 0.15) is 54.3 Å². The van der Waals surface area contributed by atoms with Crippen molar-refractivity contribution < 1.29 is 14.3 Å². The Hall–Kier alpha value is -2.82. The normalized spacial score (nSPS) is 11.5.